The number of carbonyl (C=O) groups excluding carboxylic acids is 1. The molecule has 6 nitrogen and oxygen atoms in total. The third-order valence-electron chi connectivity index (χ3n) is 5.24. The molecule has 1 N–H and O–H groups in total. The van der Waals surface area contributed by atoms with Crippen molar-refractivity contribution in [2.75, 3.05) is 26.7 Å². The summed E-state index contributed by atoms with van der Waals surface area (Å²) in [5.41, 5.74) is 4.17. The number of benzene rings is 1. The molecule has 0 radical (unpaired) electrons. The second-order valence-corrected chi connectivity index (χ2v) is 7.00. The summed E-state index contributed by atoms with van der Waals surface area (Å²) in [7, 11) is 4.01. The molecule has 0 spiro atoms. The van der Waals surface area contributed by atoms with E-state index in [2.05, 4.69) is 34.5 Å². The average molecular weight is 356 g/mol. The van der Waals surface area contributed by atoms with Crippen LogP contribution in [0.15, 0.2) is 30.3 Å². The van der Waals surface area contributed by atoms with Crippen molar-refractivity contribution in [1.82, 2.24) is 20.0 Å². The van der Waals surface area contributed by atoms with Crippen LogP contribution in [0.5, 0.6) is 0 Å². The molecule has 6 heteroatoms. The molecule has 0 aliphatic carbocycles. The van der Waals surface area contributed by atoms with E-state index < -0.39 is 0 Å². The van der Waals surface area contributed by atoms with Gasteiger partial charge in [0.2, 0.25) is 5.91 Å². The molecule has 0 bridgehead atoms. The van der Waals surface area contributed by atoms with Gasteiger partial charge in [0.05, 0.1) is 30.9 Å². The molecule has 0 unspecified atom stereocenters. The number of rotatable bonds is 5. The van der Waals surface area contributed by atoms with Gasteiger partial charge in [-0.25, -0.2) is 0 Å². The molecular formula is C20H28N4O2. The number of hydrogen-bond donors (Lipinski definition) is 1. The molecule has 1 saturated heterocycles. The number of amides is 1. The fourth-order valence-corrected chi connectivity index (χ4v) is 3.66. The molecule has 1 aromatic heterocycles. The minimum Gasteiger partial charge on any atom is -0.373 e. The Balaban J connectivity index is 1.64. The van der Waals surface area contributed by atoms with E-state index >= 15 is 0 Å². The summed E-state index contributed by atoms with van der Waals surface area (Å²) < 4.78 is 7.82. The predicted molar refractivity (Wildman–Crippen MR) is 101 cm³/mol. The largest absolute Gasteiger partial charge is 0.373 e. The first-order valence-electron chi connectivity index (χ1n) is 9.10. The normalized spacial score (nSPS) is 20.9. The second-order valence-electron chi connectivity index (χ2n) is 7.00. The van der Waals surface area contributed by atoms with Gasteiger partial charge in [-0.3, -0.25) is 14.4 Å². The number of nitrogens with zero attached hydrogens (tertiary/aromatic N) is 3. The third-order valence-corrected chi connectivity index (χ3v) is 5.24. The van der Waals surface area contributed by atoms with Crippen LogP contribution < -0.4 is 5.32 Å². The zero-order chi connectivity index (χ0) is 18.7. The van der Waals surface area contributed by atoms with E-state index in [1.807, 2.05) is 43.8 Å². The molecular weight excluding hydrogens is 328 g/mol. The first-order chi connectivity index (χ1) is 12.5. The van der Waals surface area contributed by atoms with Gasteiger partial charge in [0.15, 0.2) is 0 Å². The summed E-state index contributed by atoms with van der Waals surface area (Å²) in [6.07, 6.45) is 0.292. The van der Waals surface area contributed by atoms with Crippen LogP contribution in [0.2, 0.25) is 0 Å². The molecule has 1 aliphatic heterocycles. The maximum Gasteiger partial charge on any atom is 0.224 e. The van der Waals surface area contributed by atoms with Gasteiger partial charge in [0, 0.05) is 31.4 Å². The SMILES string of the molecule is Cc1nn(C)c(C)c1CC(=O)NC[C@@H]1OCCN(C)[C@H]1c1ccccc1. The molecule has 2 atom stereocenters. The summed E-state index contributed by atoms with van der Waals surface area (Å²) in [5, 5.41) is 7.44. The molecule has 1 aromatic carbocycles. The van der Waals surface area contributed by atoms with E-state index in [4.69, 9.17) is 4.74 Å². The Morgan fingerprint density at radius 3 is 2.65 bits per heavy atom. The predicted octanol–water partition coefficient (Wildman–Crippen LogP) is 1.77. The quantitative estimate of drug-likeness (QED) is 0.887. The Labute approximate surface area is 155 Å². The molecule has 1 fully saturated rings. The summed E-state index contributed by atoms with van der Waals surface area (Å²) in [6.45, 7) is 6.01. The molecule has 2 heterocycles. The fraction of sp³-hybridized carbons (Fsp3) is 0.500. The van der Waals surface area contributed by atoms with Crippen molar-refractivity contribution in [2.45, 2.75) is 32.4 Å². The van der Waals surface area contributed by atoms with E-state index in [0.717, 1.165) is 23.5 Å². The number of morpholine rings is 1. The number of aryl methyl sites for hydroxylation is 2. The average Bonchev–Trinajstić information content (AvgIpc) is 2.87. The smallest absolute Gasteiger partial charge is 0.224 e. The summed E-state index contributed by atoms with van der Waals surface area (Å²) in [6, 6.07) is 10.5. The van der Waals surface area contributed by atoms with E-state index in [1.54, 1.807) is 0 Å². The zero-order valence-electron chi connectivity index (χ0n) is 16.0. The van der Waals surface area contributed by atoms with E-state index in [0.29, 0.717) is 19.6 Å². The monoisotopic (exact) mass is 356 g/mol. The Kier molecular flexibility index (Phi) is 5.74. The maximum absolute atomic E-state index is 12.5. The van der Waals surface area contributed by atoms with Gasteiger partial charge in [0.1, 0.15) is 0 Å². The van der Waals surface area contributed by atoms with E-state index in [1.165, 1.54) is 5.56 Å². The Bertz CT molecular complexity index is 757. The number of aromatic nitrogens is 2. The molecule has 3 rings (SSSR count). The first kappa shape index (κ1) is 18.6. The first-order valence-corrected chi connectivity index (χ1v) is 9.10. The Hall–Kier alpha value is -2.18. The van der Waals surface area contributed by atoms with Crippen molar-refractivity contribution in [3.05, 3.63) is 52.8 Å². The zero-order valence-corrected chi connectivity index (χ0v) is 16.0. The lowest BCUT2D eigenvalue weighted by Crippen LogP contribution is -2.48. The minimum atomic E-state index is -0.0591. The highest BCUT2D eigenvalue weighted by Crippen LogP contribution is 2.27. The van der Waals surface area contributed by atoms with Crippen molar-refractivity contribution >= 4 is 5.91 Å². The molecule has 1 aliphatic rings. The summed E-state index contributed by atoms with van der Waals surface area (Å²) >= 11 is 0. The summed E-state index contributed by atoms with van der Waals surface area (Å²) in [4.78, 5) is 14.8. The number of ether oxygens (including phenoxy) is 1. The highest BCUT2D eigenvalue weighted by molar-refractivity contribution is 5.79. The van der Waals surface area contributed by atoms with Gasteiger partial charge < -0.3 is 10.1 Å². The summed E-state index contributed by atoms with van der Waals surface area (Å²) in [5.74, 6) is 0.00726. The van der Waals surface area contributed by atoms with Gasteiger partial charge in [-0.15, -0.1) is 0 Å². The van der Waals surface area contributed by atoms with Crippen LogP contribution >= 0.6 is 0 Å². The van der Waals surface area contributed by atoms with Gasteiger partial charge in [-0.05, 0) is 26.5 Å². The van der Waals surface area contributed by atoms with Crippen LogP contribution in [0.25, 0.3) is 0 Å². The van der Waals surface area contributed by atoms with Crippen molar-refractivity contribution < 1.29 is 9.53 Å². The maximum atomic E-state index is 12.5. The van der Waals surface area contributed by atoms with Crippen LogP contribution in [0.4, 0.5) is 0 Å². The molecule has 0 saturated carbocycles. The van der Waals surface area contributed by atoms with Gasteiger partial charge in [-0.2, -0.15) is 5.10 Å². The van der Waals surface area contributed by atoms with Crippen LogP contribution in [0, 0.1) is 13.8 Å². The standard InChI is InChI=1S/C20H28N4O2/c1-14-17(15(2)24(4)22-14)12-19(25)21-13-18-20(23(3)10-11-26-18)16-8-6-5-7-9-16/h5-9,18,20H,10-13H2,1-4H3,(H,21,25)/t18-,20-/m0/s1. The van der Waals surface area contributed by atoms with Crippen molar-refractivity contribution in [2.24, 2.45) is 7.05 Å². The Morgan fingerprint density at radius 1 is 1.27 bits per heavy atom. The van der Waals surface area contributed by atoms with Crippen LogP contribution in [0.1, 0.15) is 28.6 Å². The number of nitrogens with one attached hydrogen (secondary N) is 1. The second kappa shape index (κ2) is 8.01. The van der Waals surface area contributed by atoms with Gasteiger partial charge in [-0.1, -0.05) is 30.3 Å². The highest BCUT2D eigenvalue weighted by Gasteiger charge is 2.31. The highest BCUT2D eigenvalue weighted by atomic mass is 16.5. The topological polar surface area (TPSA) is 59.4 Å². The number of carbonyl (C=O) groups is 1. The molecule has 140 valence electrons. The van der Waals surface area contributed by atoms with Crippen molar-refractivity contribution in [3.63, 3.8) is 0 Å². The Morgan fingerprint density at radius 2 is 2.00 bits per heavy atom. The number of hydrogen-bond acceptors (Lipinski definition) is 4. The third kappa shape index (κ3) is 3.97. The lowest BCUT2D eigenvalue weighted by atomic mass is 9.98. The van der Waals surface area contributed by atoms with Gasteiger partial charge in [0.25, 0.3) is 0 Å². The molecule has 1 amide bonds. The van der Waals surface area contributed by atoms with E-state index in [-0.39, 0.29) is 18.1 Å². The van der Waals surface area contributed by atoms with E-state index in [9.17, 15) is 4.79 Å². The minimum absolute atomic E-state index is 0.00726. The number of likely N-dealkylation sites (N-methyl/N-ethyl adjacent to an activating group) is 1. The lowest BCUT2D eigenvalue weighted by Gasteiger charge is -2.39. The van der Waals surface area contributed by atoms with Crippen LogP contribution in [-0.2, 0) is 23.0 Å². The van der Waals surface area contributed by atoms with Crippen molar-refractivity contribution in [1.29, 1.82) is 0 Å². The fourth-order valence-electron chi connectivity index (χ4n) is 3.66. The van der Waals surface area contributed by atoms with Crippen molar-refractivity contribution in [3.8, 4) is 0 Å². The van der Waals surface area contributed by atoms with Crippen LogP contribution in [-0.4, -0.2) is 53.4 Å². The molecule has 2 aromatic rings. The van der Waals surface area contributed by atoms with Gasteiger partial charge >= 0.3 is 0 Å². The molecule has 26 heavy (non-hydrogen) atoms. The van der Waals surface area contributed by atoms with Crippen LogP contribution in [0.3, 0.4) is 0 Å². The lowest BCUT2D eigenvalue weighted by molar-refractivity contribution is -0.122.